The zero-order valence-corrected chi connectivity index (χ0v) is 20.9. The van der Waals surface area contributed by atoms with E-state index in [1.54, 1.807) is 0 Å². The summed E-state index contributed by atoms with van der Waals surface area (Å²) in [7, 11) is 0. The van der Waals surface area contributed by atoms with Crippen LogP contribution in [-0.4, -0.2) is 52.5 Å². The first-order chi connectivity index (χ1) is 17.0. The van der Waals surface area contributed by atoms with E-state index in [2.05, 4.69) is 41.1 Å². The predicted octanol–water partition coefficient (Wildman–Crippen LogP) is 4.94. The van der Waals surface area contributed by atoms with Crippen molar-refractivity contribution >= 4 is 17.6 Å². The summed E-state index contributed by atoms with van der Waals surface area (Å²) in [6, 6.07) is 14.3. The lowest BCUT2D eigenvalue weighted by atomic mass is 9.89. The monoisotopic (exact) mass is 477 g/mol. The van der Waals surface area contributed by atoms with E-state index in [9.17, 15) is 4.79 Å². The number of imidazole rings is 1. The van der Waals surface area contributed by atoms with Crippen molar-refractivity contribution in [3.05, 3.63) is 65.6 Å². The molecule has 1 aromatic carbocycles. The number of piperidine rings is 1. The number of Topliss-reactive ketones (excluding diaryl/α,β-unsaturated/α-hetero) is 1. The van der Waals surface area contributed by atoms with Crippen LogP contribution in [0.15, 0.2) is 48.7 Å². The van der Waals surface area contributed by atoms with Crippen LogP contribution in [0.5, 0.6) is 5.75 Å². The molecular weight excluding hydrogens is 442 g/mol. The van der Waals surface area contributed by atoms with Crippen molar-refractivity contribution < 1.29 is 19.1 Å². The molecule has 0 radical (unpaired) electrons. The second kappa shape index (κ2) is 13.0. The van der Waals surface area contributed by atoms with E-state index in [1.165, 1.54) is 24.8 Å². The Kier molecular flexibility index (Phi) is 9.76. The van der Waals surface area contributed by atoms with E-state index in [-0.39, 0.29) is 17.9 Å². The molecule has 0 aliphatic carbocycles. The highest BCUT2D eigenvalue weighted by Gasteiger charge is 2.26. The van der Waals surface area contributed by atoms with Gasteiger partial charge in [0.2, 0.25) is 0 Å². The molecule has 0 saturated carbocycles. The Morgan fingerprint density at radius 2 is 1.91 bits per heavy atom. The van der Waals surface area contributed by atoms with Crippen LogP contribution in [-0.2, 0) is 9.59 Å². The highest BCUT2D eigenvalue weighted by Crippen LogP contribution is 2.29. The molecule has 7 heteroatoms. The first-order valence-corrected chi connectivity index (χ1v) is 12.4. The van der Waals surface area contributed by atoms with Crippen LogP contribution >= 0.6 is 0 Å². The standard InChI is InChI=1S/C27H35N3O2.CO2/c1-4-21-11-9-15-29(18-21)19-23(22-12-7-6-8-13-22)17-24(31)26-20(3)28-27-25(32-5-2)14-10-16-30(26)27;2-1-3/h6-8,10,12-14,16,21,23H,4-5,9,11,15,17-19H2,1-3H3;/t21?,23-;/m0./s1. The van der Waals surface area contributed by atoms with E-state index in [0.717, 1.165) is 37.0 Å². The van der Waals surface area contributed by atoms with Crippen molar-refractivity contribution in [3.63, 3.8) is 0 Å². The fourth-order valence-electron chi connectivity index (χ4n) is 5.06. The number of aryl methyl sites for hydroxylation is 1. The third-order valence-corrected chi connectivity index (χ3v) is 6.71. The molecule has 1 aliphatic rings. The SMILES string of the molecule is CCOc1cccn2c(C(=O)C[C@@H](CN3CCCC(CC)C3)c3ccccc3)c(C)nc12.O=C=O. The van der Waals surface area contributed by atoms with Gasteiger partial charge in [-0.25, -0.2) is 4.98 Å². The summed E-state index contributed by atoms with van der Waals surface area (Å²) < 4.78 is 7.64. The van der Waals surface area contributed by atoms with Crippen molar-refractivity contribution in [3.8, 4) is 5.75 Å². The van der Waals surface area contributed by atoms with Crippen LogP contribution in [0.25, 0.3) is 5.65 Å². The Morgan fingerprint density at radius 3 is 2.60 bits per heavy atom. The summed E-state index contributed by atoms with van der Waals surface area (Å²) >= 11 is 0. The molecule has 0 spiro atoms. The number of carbonyl (C=O) groups is 1. The average molecular weight is 478 g/mol. The van der Waals surface area contributed by atoms with Gasteiger partial charge >= 0.3 is 6.15 Å². The number of carbonyl (C=O) groups excluding carboxylic acids is 3. The van der Waals surface area contributed by atoms with Gasteiger partial charge in [0.05, 0.1) is 12.3 Å². The number of likely N-dealkylation sites (tertiary alicyclic amines) is 1. The molecule has 1 unspecified atom stereocenters. The number of ketones is 1. The third-order valence-electron chi connectivity index (χ3n) is 6.71. The maximum Gasteiger partial charge on any atom is 0.373 e. The highest BCUT2D eigenvalue weighted by molar-refractivity contribution is 5.97. The smallest absolute Gasteiger partial charge is 0.373 e. The summed E-state index contributed by atoms with van der Waals surface area (Å²) in [5.41, 5.74) is 3.39. The second-order valence-electron chi connectivity index (χ2n) is 9.04. The molecular formula is C28H35N3O4. The summed E-state index contributed by atoms with van der Waals surface area (Å²) in [6.45, 7) is 9.92. The number of benzene rings is 1. The zero-order chi connectivity index (χ0) is 25.2. The van der Waals surface area contributed by atoms with Crippen molar-refractivity contribution in [1.29, 1.82) is 0 Å². The zero-order valence-electron chi connectivity index (χ0n) is 20.9. The molecule has 7 nitrogen and oxygen atoms in total. The second-order valence-corrected chi connectivity index (χ2v) is 9.04. The maximum absolute atomic E-state index is 13.6. The maximum atomic E-state index is 13.6. The van der Waals surface area contributed by atoms with Gasteiger partial charge in [-0.15, -0.1) is 0 Å². The van der Waals surface area contributed by atoms with E-state index < -0.39 is 0 Å². The van der Waals surface area contributed by atoms with E-state index in [0.29, 0.717) is 24.4 Å². The van der Waals surface area contributed by atoms with Crippen LogP contribution in [0.2, 0.25) is 0 Å². The first kappa shape index (κ1) is 26.3. The van der Waals surface area contributed by atoms with Crippen LogP contribution in [0.4, 0.5) is 0 Å². The molecule has 4 rings (SSSR count). The Labute approximate surface area is 207 Å². The van der Waals surface area contributed by atoms with Crippen LogP contribution < -0.4 is 4.74 Å². The summed E-state index contributed by atoms with van der Waals surface area (Å²) in [4.78, 5) is 37.1. The number of rotatable bonds is 9. The number of fused-ring (bicyclic) bond motifs is 1. The molecule has 0 N–H and O–H groups in total. The Bertz CT molecular complexity index is 1140. The summed E-state index contributed by atoms with van der Waals surface area (Å²) in [5, 5.41) is 0. The summed E-state index contributed by atoms with van der Waals surface area (Å²) in [5.74, 6) is 1.80. The van der Waals surface area contributed by atoms with E-state index in [4.69, 9.17) is 14.3 Å². The summed E-state index contributed by atoms with van der Waals surface area (Å²) in [6.07, 6.45) is 6.45. The molecule has 1 fully saturated rings. The Hall–Kier alpha value is -3.28. The number of pyridine rings is 1. The van der Waals surface area contributed by atoms with Crippen molar-refractivity contribution in [2.24, 2.45) is 5.92 Å². The van der Waals surface area contributed by atoms with Gasteiger partial charge in [-0.3, -0.25) is 9.20 Å². The van der Waals surface area contributed by atoms with Crippen molar-refractivity contribution in [2.45, 2.75) is 52.4 Å². The van der Waals surface area contributed by atoms with Gasteiger partial charge in [0.1, 0.15) is 5.69 Å². The van der Waals surface area contributed by atoms with Gasteiger partial charge in [0, 0.05) is 31.6 Å². The number of aromatic nitrogens is 2. The van der Waals surface area contributed by atoms with E-state index >= 15 is 0 Å². The first-order valence-electron chi connectivity index (χ1n) is 12.4. The lowest BCUT2D eigenvalue weighted by Gasteiger charge is -2.34. The molecule has 186 valence electrons. The molecule has 0 bridgehead atoms. The normalized spacial score (nSPS) is 16.7. The van der Waals surface area contributed by atoms with Gasteiger partial charge < -0.3 is 9.64 Å². The Morgan fingerprint density at radius 1 is 1.17 bits per heavy atom. The minimum atomic E-state index is 0.140. The largest absolute Gasteiger partial charge is 0.490 e. The van der Waals surface area contributed by atoms with Crippen molar-refractivity contribution in [2.75, 3.05) is 26.2 Å². The molecule has 1 saturated heterocycles. The average Bonchev–Trinajstić information content (AvgIpc) is 3.22. The molecule has 3 aromatic rings. The van der Waals surface area contributed by atoms with E-state index in [1.807, 2.05) is 42.6 Å². The quantitative estimate of drug-likeness (QED) is 0.406. The number of nitrogens with zero attached hydrogens (tertiary/aromatic N) is 3. The number of hydrogen-bond acceptors (Lipinski definition) is 6. The molecule has 2 atom stereocenters. The topological polar surface area (TPSA) is 81.0 Å². The lowest BCUT2D eigenvalue weighted by molar-refractivity contribution is -0.191. The van der Waals surface area contributed by atoms with Crippen LogP contribution in [0, 0.1) is 12.8 Å². The minimum absolute atomic E-state index is 0.140. The molecule has 2 aromatic heterocycles. The molecule has 3 heterocycles. The van der Waals surface area contributed by atoms with Gasteiger partial charge in [-0.05, 0) is 56.8 Å². The van der Waals surface area contributed by atoms with Gasteiger partial charge in [0.25, 0.3) is 0 Å². The predicted molar refractivity (Wildman–Crippen MR) is 134 cm³/mol. The fourth-order valence-corrected chi connectivity index (χ4v) is 5.06. The molecule has 0 amide bonds. The Balaban J connectivity index is 0.00000108. The van der Waals surface area contributed by atoms with Gasteiger partial charge in [-0.2, -0.15) is 9.59 Å². The van der Waals surface area contributed by atoms with Crippen molar-refractivity contribution in [1.82, 2.24) is 14.3 Å². The molecule has 1 aliphatic heterocycles. The number of ether oxygens (including phenoxy) is 1. The van der Waals surface area contributed by atoms with Gasteiger partial charge in [-0.1, -0.05) is 43.7 Å². The minimum Gasteiger partial charge on any atom is -0.490 e. The number of hydrogen-bond donors (Lipinski definition) is 0. The highest BCUT2D eigenvalue weighted by atomic mass is 16.5. The van der Waals surface area contributed by atoms with Crippen LogP contribution in [0.1, 0.15) is 67.2 Å². The van der Waals surface area contributed by atoms with Gasteiger partial charge in [0.15, 0.2) is 17.2 Å². The lowest BCUT2D eigenvalue weighted by Crippen LogP contribution is -2.38. The third kappa shape index (κ3) is 6.65. The van der Waals surface area contributed by atoms with Crippen LogP contribution in [0.3, 0.4) is 0 Å². The fraction of sp³-hybridized carbons (Fsp3) is 0.464. The molecule has 35 heavy (non-hydrogen) atoms.